The zero-order valence-corrected chi connectivity index (χ0v) is 14.1. The van der Waals surface area contributed by atoms with E-state index in [4.69, 9.17) is 11.6 Å². The fourth-order valence-corrected chi connectivity index (χ4v) is 2.40. The number of nitrogens with one attached hydrogen (secondary N) is 1. The summed E-state index contributed by atoms with van der Waals surface area (Å²) in [7, 11) is 1.41. The number of nitrogens with zero attached hydrogens (tertiary/aromatic N) is 3. The molecule has 1 N–H and O–H groups in total. The minimum atomic E-state index is -4.53. The molecule has 0 fully saturated rings. The fraction of sp³-hybridized carbons (Fsp3) is 0.118. The lowest BCUT2D eigenvalue weighted by Gasteiger charge is -2.06. The molecule has 26 heavy (non-hydrogen) atoms. The van der Waals surface area contributed by atoms with Crippen molar-refractivity contribution in [2.45, 2.75) is 6.18 Å². The minimum absolute atomic E-state index is 0.216. The van der Waals surface area contributed by atoms with Gasteiger partial charge in [-0.3, -0.25) is 14.5 Å². The molecule has 1 aromatic carbocycles. The third-order valence-electron chi connectivity index (χ3n) is 3.56. The van der Waals surface area contributed by atoms with Gasteiger partial charge in [0.25, 0.3) is 5.91 Å². The van der Waals surface area contributed by atoms with Crippen LogP contribution in [0.15, 0.2) is 48.7 Å². The average Bonchev–Trinajstić information content (AvgIpc) is 2.98. The van der Waals surface area contributed by atoms with Crippen molar-refractivity contribution in [2.75, 3.05) is 5.32 Å². The van der Waals surface area contributed by atoms with E-state index < -0.39 is 11.9 Å². The van der Waals surface area contributed by atoms with E-state index in [2.05, 4.69) is 15.4 Å². The number of anilines is 1. The summed E-state index contributed by atoms with van der Waals surface area (Å²) in [5.74, 6) is -0.351. The molecule has 0 spiro atoms. The smallest absolute Gasteiger partial charge is 0.321 e. The van der Waals surface area contributed by atoms with E-state index >= 15 is 0 Å². The molecule has 0 saturated heterocycles. The standard InChI is InChI=1S/C17H12ClF3N4O/c1-25-14(8-15(24-25)17(19,20)21)13-7-6-12(9-22-13)23-16(26)10-2-4-11(18)5-3-10/h2-9H,1H3,(H,23,26). The molecule has 0 saturated carbocycles. The van der Waals surface area contributed by atoms with Crippen LogP contribution >= 0.6 is 11.6 Å². The zero-order chi connectivity index (χ0) is 18.9. The van der Waals surface area contributed by atoms with Gasteiger partial charge in [-0.05, 0) is 42.5 Å². The molecule has 1 amide bonds. The quantitative estimate of drug-likeness (QED) is 0.732. The van der Waals surface area contributed by atoms with Crippen LogP contribution in [0.25, 0.3) is 11.4 Å². The topological polar surface area (TPSA) is 59.8 Å². The minimum Gasteiger partial charge on any atom is -0.321 e. The second kappa shape index (κ2) is 6.80. The number of carbonyl (C=O) groups excluding carboxylic acids is 1. The number of amides is 1. The number of hydrogen-bond donors (Lipinski definition) is 1. The summed E-state index contributed by atoms with van der Waals surface area (Å²) in [6.45, 7) is 0. The highest BCUT2D eigenvalue weighted by atomic mass is 35.5. The number of aryl methyl sites for hydroxylation is 1. The summed E-state index contributed by atoms with van der Waals surface area (Å²) in [6.07, 6.45) is -3.16. The Hall–Kier alpha value is -2.87. The maximum Gasteiger partial charge on any atom is 0.435 e. The summed E-state index contributed by atoms with van der Waals surface area (Å²) in [5, 5.41) is 6.62. The number of rotatable bonds is 3. The molecular weight excluding hydrogens is 369 g/mol. The Kier molecular flexibility index (Phi) is 4.69. The zero-order valence-electron chi connectivity index (χ0n) is 13.4. The van der Waals surface area contributed by atoms with E-state index in [9.17, 15) is 18.0 Å². The van der Waals surface area contributed by atoms with Crippen LogP contribution in [0.4, 0.5) is 18.9 Å². The van der Waals surface area contributed by atoms with Crippen LogP contribution in [-0.4, -0.2) is 20.7 Å². The van der Waals surface area contributed by atoms with Crippen molar-refractivity contribution in [3.05, 3.63) is 64.9 Å². The molecule has 0 aliphatic carbocycles. The van der Waals surface area contributed by atoms with Crippen LogP contribution in [-0.2, 0) is 13.2 Å². The second-order valence-corrected chi connectivity index (χ2v) is 5.87. The molecule has 0 atom stereocenters. The van der Waals surface area contributed by atoms with E-state index in [0.29, 0.717) is 22.0 Å². The highest BCUT2D eigenvalue weighted by Gasteiger charge is 2.34. The van der Waals surface area contributed by atoms with Crippen molar-refractivity contribution in [2.24, 2.45) is 7.05 Å². The molecule has 0 aliphatic rings. The van der Waals surface area contributed by atoms with Gasteiger partial charge in [0.1, 0.15) is 0 Å². The molecule has 9 heteroatoms. The normalized spacial score (nSPS) is 11.4. The van der Waals surface area contributed by atoms with Gasteiger partial charge in [0.15, 0.2) is 5.69 Å². The van der Waals surface area contributed by atoms with Crippen LogP contribution < -0.4 is 5.32 Å². The Bertz CT molecular complexity index is 934. The lowest BCUT2D eigenvalue weighted by molar-refractivity contribution is -0.141. The van der Waals surface area contributed by atoms with Crippen molar-refractivity contribution in [3.63, 3.8) is 0 Å². The molecule has 134 valence electrons. The number of hydrogen-bond acceptors (Lipinski definition) is 3. The number of alkyl halides is 3. The van der Waals surface area contributed by atoms with Gasteiger partial charge in [-0.1, -0.05) is 11.6 Å². The summed E-state index contributed by atoms with van der Waals surface area (Å²) in [4.78, 5) is 16.2. The van der Waals surface area contributed by atoms with Crippen molar-refractivity contribution >= 4 is 23.2 Å². The molecule has 2 aromatic heterocycles. The second-order valence-electron chi connectivity index (χ2n) is 5.43. The molecule has 3 aromatic rings. The highest BCUT2D eigenvalue weighted by molar-refractivity contribution is 6.30. The first kappa shape index (κ1) is 17.9. The number of pyridine rings is 1. The van der Waals surface area contributed by atoms with Crippen molar-refractivity contribution in [3.8, 4) is 11.4 Å². The molecule has 5 nitrogen and oxygen atoms in total. The third-order valence-corrected chi connectivity index (χ3v) is 3.81. The molecule has 3 rings (SSSR count). The van der Waals surface area contributed by atoms with Crippen LogP contribution in [0.3, 0.4) is 0 Å². The number of aromatic nitrogens is 3. The Morgan fingerprint density at radius 2 is 1.85 bits per heavy atom. The predicted octanol–water partition coefficient (Wildman–Crippen LogP) is 4.41. The average molecular weight is 381 g/mol. The third kappa shape index (κ3) is 3.85. The highest BCUT2D eigenvalue weighted by Crippen LogP contribution is 2.31. The number of carbonyl (C=O) groups is 1. The van der Waals surface area contributed by atoms with E-state index in [0.717, 1.165) is 10.7 Å². The Balaban J connectivity index is 1.78. The van der Waals surface area contributed by atoms with Crippen molar-refractivity contribution in [1.29, 1.82) is 0 Å². The van der Waals surface area contributed by atoms with Gasteiger partial charge in [0.2, 0.25) is 0 Å². The summed E-state index contributed by atoms with van der Waals surface area (Å²) in [6, 6.07) is 10.3. The largest absolute Gasteiger partial charge is 0.435 e. The molecule has 0 unspecified atom stereocenters. The molecule has 2 heterocycles. The summed E-state index contributed by atoms with van der Waals surface area (Å²) in [5.41, 5.74) is 0.358. The Morgan fingerprint density at radius 3 is 2.38 bits per heavy atom. The van der Waals surface area contributed by atoms with Crippen LogP contribution in [0.1, 0.15) is 16.1 Å². The Labute approximate surface area is 151 Å². The predicted molar refractivity (Wildman–Crippen MR) is 90.8 cm³/mol. The van der Waals surface area contributed by atoms with Crippen molar-refractivity contribution in [1.82, 2.24) is 14.8 Å². The van der Waals surface area contributed by atoms with Gasteiger partial charge in [-0.25, -0.2) is 0 Å². The first-order chi connectivity index (χ1) is 12.2. The molecule has 0 bridgehead atoms. The van der Waals surface area contributed by atoms with E-state index in [-0.39, 0.29) is 11.6 Å². The van der Waals surface area contributed by atoms with Gasteiger partial charge in [0, 0.05) is 17.6 Å². The number of halogens is 4. The van der Waals surface area contributed by atoms with Gasteiger partial charge >= 0.3 is 6.18 Å². The van der Waals surface area contributed by atoms with E-state index in [1.165, 1.54) is 19.3 Å². The molecule has 0 aliphatic heterocycles. The van der Waals surface area contributed by atoms with E-state index in [1.54, 1.807) is 30.3 Å². The number of benzene rings is 1. The van der Waals surface area contributed by atoms with Gasteiger partial charge in [-0.15, -0.1) is 0 Å². The summed E-state index contributed by atoms with van der Waals surface area (Å²) >= 11 is 5.78. The van der Waals surface area contributed by atoms with Gasteiger partial charge in [0.05, 0.1) is 23.3 Å². The lowest BCUT2D eigenvalue weighted by Crippen LogP contribution is -2.11. The first-order valence-electron chi connectivity index (χ1n) is 7.38. The van der Waals surface area contributed by atoms with Crippen molar-refractivity contribution < 1.29 is 18.0 Å². The maximum absolute atomic E-state index is 12.7. The molecular formula is C17H12ClF3N4O. The van der Waals surface area contributed by atoms with E-state index in [1.807, 2.05) is 0 Å². The SMILES string of the molecule is Cn1nc(C(F)(F)F)cc1-c1ccc(NC(=O)c2ccc(Cl)cc2)cn1. The Morgan fingerprint density at radius 1 is 1.15 bits per heavy atom. The van der Waals surface area contributed by atoms with Crippen LogP contribution in [0.2, 0.25) is 5.02 Å². The lowest BCUT2D eigenvalue weighted by atomic mass is 10.2. The first-order valence-corrected chi connectivity index (χ1v) is 7.76. The molecule has 0 radical (unpaired) electrons. The van der Waals surface area contributed by atoms with Gasteiger partial charge in [-0.2, -0.15) is 18.3 Å². The van der Waals surface area contributed by atoms with Gasteiger partial charge < -0.3 is 5.32 Å². The van der Waals surface area contributed by atoms with Crippen LogP contribution in [0.5, 0.6) is 0 Å². The summed E-state index contributed by atoms with van der Waals surface area (Å²) < 4.78 is 39.3. The maximum atomic E-state index is 12.7. The van der Waals surface area contributed by atoms with Crippen LogP contribution in [0, 0.1) is 0 Å². The fourth-order valence-electron chi connectivity index (χ4n) is 2.27. The monoisotopic (exact) mass is 380 g/mol.